The van der Waals surface area contributed by atoms with Crippen LogP contribution < -0.4 is 10.6 Å². The largest absolute Gasteiger partial charge is 0.367 e. The number of rotatable bonds is 5. The van der Waals surface area contributed by atoms with Crippen LogP contribution in [0.5, 0.6) is 0 Å². The highest BCUT2D eigenvalue weighted by Gasteiger charge is 2.35. The molecule has 1 saturated heterocycles. The van der Waals surface area contributed by atoms with E-state index >= 15 is 0 Å². The first-order valence-corrected chi connectivity index (χ1v) is 10.8. The van der Waals surface area contributed by atoms with E-state index < -0.39 is 5.92 Å². The number of nitrogens with zero attached hydrogens (tertiary/aromatic N) is 5. The van der Waals surface area contributed by atoms with Gasteiger partial charge in [0.1, 0.15) is 17.7 Å². The first-order chi connectivity index (χ1) is 14.7. The molecule has 0 aromatic carbocycles. The Labute approximate surface area is 180 Å². The molecule has 1 aliphatic heterocycles. The number of anilines is 2. The van der Waals surface area contributed by atoms with Gasteiger partial charge < -0.3 is 15.5 Å². The highest BCUT2D eigenvalue weighted by molar-refractivity contribution is 5.85. The van der Waals surface area contributed by atoms with Crippen molar-refractivity contribution >= 4 is 17.5 Å². The van der Waals surface area contributed by atoms with Gasteiger partial charge in [-0.05, 0) is 45.6 Å². The number of nitrogens with one attached hydrogen (secondary N) is 2. The lowest BCUT2D eigenvalue weighted by molar-refractivity contribution is -0.132. The fourth-order valence-electron chi connectivity index (χ4n) is 4.25. The smallest absolute Gasteiger partial charge is 0.254 e. The molecule has 168 valence electrons. The second-order valence-electron chi connectivity index (χ2n) is 8.65. The molecule has 10 heteroatoms. The summed E-state index contributed by atoms with van der Waals surface area (Å²) >= 11 is 0. The van der Waals surface area contributed by atoms with Crippen LogP contribution in [0.1, 0.15) is 49.9 Å². The van der Waals surface area contributed by atoms with E-state index in [0.29, 0.717) is 30.4 Å². The van der Waals surface area contributed by atoms with E-state index in [1.165, 1.54) is 0 Å². The van der Waals surface area contributed by atoms with Gasteiger partial charge in [0, 0.05) is 44.2 Å². The first kappa shape index (κ1) is 21.5. The summed E-state index contributed by atoms with van der Waals surface area (Å²) in [5.74, 6) is -1.14. The molecule has 1 atom stereocenters. The zero-order valence-electron chi connectivity index (χ0n) is 18.2. The van der Waals surface area contributed by atoms with E-state index in [0.717, 1.165) is 30.8 Å². The Morgan fingerprint density at radius 1 is 1.06 bits per heavy atom. The van der Waals surface area contributed by atoms with Crippen molar-refractivity contribution in [2.24, 2.45) is 0 Å². The molecule has 1 aliphatic carbocycles. The van der Waals surface area contributed by atoms with Crippen molar-refractivity contribution in [2.45, 2.75) is 70.4 Å². The van der Waals surface area contributed by atoms with Gasteiger partial charge in [-0.3, -0.25) is 4.79 Å². The molecule has 0 spiro atoms. The Hall–Kier alpha value is -2.78. The number of hydrogen-bond donors (Lipinski definition) is 2. The third-order valence-electron chi connectivity index (χ3n) is 5.97. The van der Waals surface area contributed by atoms with Crippen LogP contribution in [-0.2, 0) is 4.79 Å². The van der Waals surface area contributed by atoms with Crippen molar-refractivity contribution in [1.82, 2.24) is 24.6 Å². The Balaban J connectivity index is 1.61. The third-order valence-corrected chi connectivity index (χ3v) is 5.97. The highest BCUT2D eigenvalue weighted by Crippen LogP contribution is 2.34. The topological polar surface area (TPSA) is 88.0 Å². The van der Waals surface area contributed by atoms with Gasteiger partial charge in [0.15, 0.2) is 0 Å². The molecule has 1 saturated carbocycles. The van der Waals surface area contributed by atoms with Gasteiger partial charge >= 0.3 is 0 Å². The maximum atomic E-state index is 13.5. The molecule has 0 bridgehead atoms. The number of amides is 1. The number of hydrogen-bond acceptors (Lipinski definition) is 6. The predicted molar refractivity (Wildman–Crippen MR) is 114 cm³/mol. The summed E-state index contributed by atoms with van der Waals surface area (Å²) in [6.45, 7) is 4.56. The monoisotopic (exact) mass is 433 g/mol. The van der Waals surface area contributed by atoms with Crippen LogP contribution in [0.4, 0.5) is 20.4 Å². The molecular formula is C21H29F2N7O. The van der Waals surface area contributed by atoms with E-state index in [2.05, 4.69) is 25.7 Å². The number of aromatic nitrogens is 4. The number of aryl methyl sites for hydroxylation is 2. The van der Waals surface area contributed by atoms with Crippen LogP contribution in [0.3, 0.4) is 0 Å². The second kappa shape index (κ2) is 8.39. The van der Waals surface area contributed by atoms with E-state index in [1.807, 2.05) is 19.9 Å². The third kappa shape index (κ3) is 4.94. The lowest BCUT2D eigenvalue weighted by atomic mass is 9.92. The summed E-state index contributed by atoms with van der Waals surface area (Å²) in [6.07, 6.45) is 2.13. The van der Waals surface area contributed by atoms with Crippen LogP contribution in [0.25, 0.3) is 5.95 Å². The lowest BCUT2D eigenvalue weighted by Crippen LogP contribution is -2.45. The van der Waals surface area contributed by atoms with Crippen LogP contribution in [-0.4, -0.2) is 62.2 Å². The molecule has 8 nitrogen and oxygen atoms in total. The summed E-state index contributed by atoms with van der Waals surface area (Å²) in [4.78, 5) is 23.4. The SMILES string of the molecule is Cc1cc(C)n(-c2nc(NC3CCC(F)(F)CC3)cc(NC3CCCN(C)C3=O)n2)n1. The van der Waals surface area contributed by atoms with Gasteiger partial charge in [-0.25, -0.2) is 13.5 Å². The minimum absolute atomic E-state index is 0.0292. The standard InChI is InChI=1S/C21H29F2N7O/c1-13-11-14(2)30(28-13)20-26-17(24-15-6-8-21(22,23)9-7-15)12-18(27-20)25-16-5-4-10-29(3)19(16)31/h11-12,15-16H,4-10H2,1-3H3,(H2,24,25,26,27). The number of piperidine rings is 1. The Bertz CT molecular complexity index is 951. The zero-order valence-corrected chi connectivity index (χ0v) is 18.2. The van der Waals surface area contributed by atoms with Crippen molar-refractivity contribution in [3.8, 4) is 5.95 Å². The number of halogens is 2. The van der Waals surface area contributed by atoms with Crippen molar-refractivity contribution in [2.75, 3.05) is 24.2 Å². The van der Waals surface area contributed by atoms with Crippen LogP contribution in [0, 0.1) is 13.8 Å². The average Bonchev–Trinajstić information content (AvgIpc) is 3.05. The summed E-state index contributed by atoms with van der Waals surface area (Å²) in [5.41, 5.74) is 1.72. The minimum Gasteiger partial charge on any atom is -0.367 e. The van der Waals surface area contributed by atoms with Gasteiger partial charge in [0.25, 0.3) is 5.95 Å². The van der Waals surface area contributed by atoms with Crippen molar-refractivity contribution in [3.05, 3.63) is 23.5 Å². The van der Waals surface area contributed by atoms with Crippen LogP contribution in [0.2, 0.25) is 0 Å². The number of likely N-dealkylation sites (tertiary alicyclic amines) is 1. The summed E-state index contributed by atoms with van der Waals surface area (Å²) in [5, 5.41) is 11.0. The van der Waals surface area contributed by atoms with Gasteiger partial charge in [0.2, 0.25) is 11.8 Å². The molecule has 3 heterocycles. The number of likely N-dealkylation sites (N-methyl/N-ethyl adjacent to an activating group) is 1. The molecule has 2 N–H and O–H groups in total. The molecular weight excluding hydrogens is 404 g/mol. The Morgan fingerprint density at radius 2 is 1.74 bits per heavy atom. The molecule has 2 aromatic heterocycles. The van der Waals surface area contributed by atoms with Crippen molar-refractivity contribution in [1.29, 1.82) is 0 Å². The quantitative estimate of drug-likeness (QED) is 0.752. The van der Waals surface area contributed by atoms with Gasteiger partial charge in [-0.2, -0.15) is 15.1 Å². The molecule has 31 heavy (non-hydrogen) atoms. The first-order valence-electron chi connectivity index (χ1n) is 10.8. The van der Waals surface area contributed by atoms with E-state index in [4.69, 9.17) is 0 Å². The Kier molecular flexibility index (Phi) is 5.81. The fraction of sp³-hybridized carbons (Fsp3) is 0.619. The number of carbonyl (C=O) groups is 1. The lowest BCUT2D eigenvalue weighted by Gasteiger charge is -2.30. The van der Waals surface area contributed by atoms with E-state index in [1.54, 1.807) is 22.7 Å². The van der Waals surface area contributed by atoms with Crippen molar-refractivity contribution < 1.29 is 13.6 Å². The molecule has 2 aromatic rings. The second-order valence-corrected chi connectivity index (χ2v) is 8.65. The summed E-state index contributed by atoms with van der Waals surface area (Å²) < 4.78 is 28.7. The molecule has 4 rings (SSSR count). The maximum Gasteiger partial charge on any atom is 0.254 e. The average molecular weight is 434 g/mol. The molecule has 1 amide bonds. The van der Waals surface area contributed by atoms with Crippen LogP contribution >= 0.6 is 0 Å². The molecule has 0 radical (unpaired) electrons. The molecule has 2 aliphatic rings. The molecule has 2 fully saturated rings. The summed E-state index contributed by atoms with van der Waals surface area (Å²) in [6, 6.07) is 3.23. The maximum absolute atomic E-state index is 13.5. The summed E-state index contributed by atoms with van der Waals surface area (Å²) in [7, 11) is 1.79. The van der Waals surface area contributed by atoms with Gasteiger partial charge in [0.05, 0.1) is 5.69 Å². The minimum atomic E-state index is -2.58. The van der Waals surface area contributed by atoms with E-state index in [-0.39, 0.29) is 30.8 Å². The predicted octanol–water partition coefficient (Wildman–Crippen LogP) is 3.30. The van der Waals surface area contributed by atoms with Gasteiger partial charge in [-0.15, -0.1) is 0 Å². The number of carbonyl (C=O) groups excluding carboxylic acids is 1. The van der Waals surface area contributed by atoms with Gasteiger partial charge in [-0.1, -0.05) is 0 Å². The normalized spacial score (nSPS) is 21.9. The Morgan fingerprint density at radius 3 is 2.39 bits per heavy atom. The van der Waals surface area contributed by atoms with E-state index in [9.17, 15) is 13.6 Å². The fourth-order valence-corrected chi connectivity index (χ4v) is 4.25. The molecule has 1 unspecified atom stereocenters. The zero-order chi connectivity index (χ0) is 22.2. The van der Waals surface area contributed by atoms with Crippen molar-refractivity contribution in [3.63, 3.8) is 0 Å². The van der Waals surface area contributed by atoms with Crippen LogP contribution in [0.15, 0.2) is 12.1 Å². The highest BCUT2D eigenvalue weighted by atomic mass is 19.3. The number of alkyl halides is 2.